The topological polar surface area (TPSA) is 12.0 Å². The molecule has 0 saturated heterocycles. The van der Waals surface area contributed by atoms with Crippen LogP contribution in [-0.4, -0.2) is 6.54 Å². The van der Waals surface area contributed by atoms with Gasteiger partial charge in [-0.05, 0) is 41.8 Å². The molecule has 0 unspecified atom stereocenters. The number of hydrogen-bond acceptors (Lipinski definition) is 1. The second kappa shape index (κ2) is 6.58. The van der Waals surface area contributed by atoms with E-state index in [-0.39, 0.29) is 0 Å². The molecule has 94 valence electrons. The minimum absolute atomic E-state index is 0.827. The van der Waals surface area contributed by atoms with E-state index < -0.39 is 0 Å². The molecule has 0 atom stereocenters. The van der Waals surface area contributed by atoms with Gasteiger partial charge in [-0.1, -0.05) is 54.9 Å². The molecule has 0 aliphatic rings. The van der Waals surface area contributed by atoms with Crippen LogP contribution in [-0.2, 0) is 6.54 Å². The largest absolute Gasteiger partial charge is 0.313 e. The zero-order chi connectivity index (χ0) is 12.8. The molecule has 0 aliphatic carbocycles. The van der Waals surface area contributed by atoms with Gasteiger partial charge in [0.05, 0.1) is 0 Å². The molecular weight excluding hydrogens is 242 g/mol. The lowest BCUT2D eigenvalue weighted by molar-refractivity contribution is 0.676. The van der Waals surface area contributed by atoms with Crippen molar-refractivity contribution in [3.05, 3.63) is 59.1 Å². The average molecular weight is 260 g/mol. The van der Waals surface area contributed by atoms with E-state index in [0.717, 1.165) is 30.1 Å². The molecule has 0 radical (unpaired) electrons. The summed E-state index contributed by atoms with van der Waals surface area (Å²) in [4.78, 5) is 0. The number of benzene rings is 2. The molecular formula is C16H18ClN. The first kappa shape index (κ1) is 13.1. The molecule has 0 aliphatic heterocycles. The van der Waals surface area contributed by atoms with Crippen LogP contribution >= 0.6 is 11.6 Å². The highest BCUT2D eigenvalue weighted by Crippen LogP contribution is 2.25. The van der Waals surface area contributed by atoms with Crippen LogP contribution in [0.2, 0.25) is 5.02 Å². The Kier molecular flexibility index (Phi) is 4.80. The molecule has 0 aromatic heterocycles. The van der Waals surface area contributed by atoms with E-state index >= 15 is 0 Å². The van der Waals surface area contributed by atoms with Crippen LogP contribution in [0.15, 0.2) is 48.5 Å². The Morgan fingerprint density at radius 2 is 1.78 bits per heavy atom. The van der Waals surface area contributed by atoms with Gasteiger partial charge < -0.3 is 5.32 Å². The van der Waals surface area contributed by atoms with Gasteiger partial charge in [0.15, 0.2) is 0 Å². The van der Waals surface area contributed by atoms with E-state index in [0.29, 0.717) is 0 Å². The van der Waals surface area contributed by atoms with Gasteiger partial charge >= 0.3 is 0 Å². The van der Waals surface area contributed by atoms with Gasteiger partial charge in [-0.2, -0.15) is 0 Å². The second-order valence-electron chi connectivity index (χ2n) is 4.35. The Hall–Kier alpha value is -1.31. The van der Waals surface area contributed by atoms with Crippen LogP contribution < -0.4 is 5.32 Å². The first-order valence-electron chi connectivity index (χ1n) is 6.36. The third-order valence-electron chi connectivity index (χ3n) is 2.90. The predicted octanol–water partition coefficient (Wildman–Crippen LogP) is 4.51. The normalized spacial score (nSPS) is 10.6. The van der Waals surface area contributed by atoms with Crippen LogP contribution in [0.1, 0.15) is 18.9 Å². The molecule has 0 saturated carbocycles. The van der Waals surface area contributed by atoms with E-state index in [1.54, 1.807) is 0 Å². The Labute approximate surface area is 114 Å². The SMILES string of the molecule is CCCNCc1cc(-c2ccccc2)ccc1Cl. The standard InChI is InChI=1S/C16H18ClN/c1-2-10-18-12-15-11-14(8-9-16(15)17)13-6-4-3-5-7-13/h3-9,11,18H,2,10,12H2,1H3. The molecule has 0 heterocycles. The summed E-state index contributed by atoms with van der Waals surface area (Å²) in [5.41, 5.74) is 3.60. The quantitative estimate of drug-likeness (QED) is 0.780. The molecule has 0 amide bonds. The molecule has 2 heteroatoms. The number of halogens is 1. The number of nitrogens with one attached hydrogen (secondary N) is 1. The summed E-state index contributed by atoms with van der Waals surface area (Å²) in [7, 11) is 0. The first-order chi connectivity index (χ1) is 8.81. The van der Waals surface area contributed by atoms with E-state index in [1.165, 1.54) is 11.1 Å². The second-order valence-corrected chi connectivity index (χ2v) is 4.76. The summed E-state index contributed by atoms with van der Waals surface area (Å²) < 4.78 is 0. The van der Waals surface area contributed by atoms with Gasteiger partial charge in [-0.3, -0.25) is 0 Å². The highest BCUT2D eigenvalue weighted by atomic mass is 35.5. The van der Waals surface area contributed by atoms with E-state index in [1.807, 2.05) is 12.1 Å². The van der Waals surface area contributed by atoms with E-state index in [2.05, 4.69) is 48.6 Å². The van der Waals surface area contributed by atoms with E-state index in [4.69, 9.17) is 11.6 Å². The van der Waals surface area contributed by atoms with Gasteiger partial charge in [-0.25, -0.2) is 0 Å². The van der Waals surface area contributed by atoms with E-state index in [9.17, 15) is 0 Å². The van der Waals surface area contributed by atoms with Crippen LogP contribution in [0.25, 0.3) is 11.1 Å². The number of hydrogen-bond donors (Lipinski definition) is 1. The molecule has 0 spiro atoms. The van der Waals surface area contributed by atoms with Crippen molar-refractivity contribution >= 4 is 11.6 Å². The summed E-state index contributed by atoms with van der Waals surface area (Å²) in [6.07, 6.45) is 1.13. The minimum atomic E-state index is 0.827. The maximum absolute atomic E-state index is 6.22. The molecule has 2 rings (SSSR count). The summed E-state index contributed by atoms with van der Waals surface area (Å²) in [5.74, 6) is 0. The van der Waals surface area contributed by atoms with Gasteiger partial charge in [0.1, 0.15) is 0 Å². The van der Waals surface area contributed by atoms with Crippen molar-refractivity contribution in [3.63, 3.8) is 0 Å². The Morgan fingerprint density at radius 1 is 1.00 bits per heavy atom. The molecule has 1 N–H and O–H groups in total. The molecule has 1 nitrogen and oxygen atoms in total. The van der Waals surface area contributed by atoms with Gasteiger partial charge in [-0.15, -0.1) is 0 Å². The third kappa shape index (κ3) is 3.34. The maximum atomic E-state index is 6.22. The van der Waals surface area contributed by atoms with Crippen molar-refractivity contribution in [1.29, 1.82) is 0 Å². The molecule has 18 heavy (non-hydrogen) atoms. The monoisotopic (exact) mass is 259 g/mol. The summed E-state index contributed by atoms with van der Waals surface area (Å²) in [5, 5.41) is 4.22. The highest BCUT2D eigenvalue weighted by molar-refractivity contribution is 6.31. The summed E-state index contributed by atoms with van der Waals surface area (Å²) in [6, 6.07) is 16.6. The molecule has 2 aromatic carbocycles. The number of rotatable bonds is 5. The molecule has 0 bridgehead atoms. The third-order valence-corrected chi connectivity index (χ3v) is 3.26. The summed E-state index contributed by atoms with van der Waals surface area (Å²) >= 11 is 6.22. The Bertz CT molecular complexity index is 494. The fraction of sp³-hybridized carbons (Fsp3) is 0.250. The molecule has 2 aromatic rings. The minimum Gasteiger partial charge on any atom is -0.313 e. The smallest absolute Gasteiger partial charge is 0.0451 e. The van der Waals surface area contributed by atoms with Crippen LogP contribution in [0.5, 0.6) is 0 Å². The Balaban J connectivity index is 2.21. The fourth-order valence-corrected chi connectivity index (χ4v) is 2.10. The van der Waals surface area contributed by atoms with Crippen molar-refractivity contribution in [2.24, 2.45) is 0 Å². The van der Waals surface area contributed by atoms with Crippen LogP contribution in [0.4, 0.5) is 0 Å². The highest BCUT2D eigenvalue weighted by Gasteiger charge is 2.03. The van der Waals surface area contributed by atoms with Crippen molar-refractivity contribution in [1.82, 2.24) is 5.32 Å². The zero-order valence-corrected chi connectivity index (χ0v) is 11.4. The van der Waals surface area contributed by atoms with Crippen LogP contribution in [0.3, 0.4) is 0 Å². The fourth-order valence-electron chi connectivity index (χ4n) is 1.92. The van der Waals surface area contributed by atoms with Gasteiger partial charge in [0.25, 0.3) is 0 Å². The first-order valence-corrected chi connectivity index (χ1v) is 6.73. The average Bonchev–Trinajstić information content (AvgIpc) is 2.42. The van der Waals surface area contributed by atoms with Crippen molar-refractivity contribution < 1.29 is 0 Å². The maximum Gasteiger partial charge on any atom is 0.0451 e. The van der Waals surface area contributed by atoms with Gasteiger partial charge in [0, 0.05) is 11.6 Å². The van der Waals surface area contributed by atoms with Crippen molar-refractivity contribution in [2.75, 3.05) is 6.54 Å². The lowest BCUT2D eigenvalue weighted by Gasteiger charge is -2.09. The van der Waals surface area contributed by atoms with Crippen LogP contribution in [0, 0.1) is 0 Å². The lowest BCUT2D eigenvalue weighted by atomic mass is 10.0. The van der Waals surface area contributed by atoms with Crippen molar-refractivity contribution in [3.8, 4) is 11.1 Å². The van der Waals surface area contributed by atoms with Gasteiger partial charge in [0.2, 0.25) is 0 Å². The predicted molar refractivity (Wildman–Crippen MR) is 78.9 cm³/mol. The zero-order valence-electron chi connectivity index (χ0n) is 10.6. The van der Waals surface area contributed by atoms with Crippen molar-refractivity contribution in [2.45, 2.75) is 19.9 Å². The Morgan fingerprint density at radius 3 is 2.50 bits per heavy atom. The lowest BCUT2D eigenvalue weighted by Crippen LogP contribution is -2.14. The summed E-state index contributed by atoms with van der Waals surface area (Å²) in [6.45, 7) is 4.01. The molecule has 0 fully saturated rings.